The highest BCUT2D eigenvalue weighted by Crippen LogP contribution is 2.47. The molecule has 6 atom stereocenters. The molecule has 2 bridgehead atoms. The minimum absolute atomic E-state index is 0.0193. The molecule has 2 saturated heterocycles. The van der Waals surface area contributed by atoms with E-state index in [-0.39, 0.29) is 17.6 Å². The zero-order chi connectivity index (χ0) is 20.7. The Balaban J connectivity index is 1.93. The van der Waals surface area contributed by atoms with Crippen LogP contribution < -0.4 is 0 Å². The molecule has 2 fully saturated rings. The minimum atomic E-state index is -1.06. The summed E-state index contributed by atoms with van der Waals surface area (Å²) in [6.45, 7) is 10.9. The fraction of sp³-hybridized carbons (Fsp3) is 0.727. The van der Waals surface area contributed by atoms with Crippen molar-refractivity contribution in [2.75, 3.05) is 0 Å². The number of rotatable bonds is 1. The summed E-state index contributed by atoms with van der Waals surface area (Å²) >= 11 is 0. The van der Waals surface area contributed by atoms with Crippen LogP contribution in [0.2, 0.25) is 0 Å². The van der Waals surface area contributed by atoms with Crippen LogP contribution in [0.4, 0.5) is 0 Å². The molecule has 0 amide bonds. The van der Waals surface area contributed by atoms with Crippen molar-refractivity contribution in [1.29, 1.82) is 0 Å². The van der Waals surface area contributed by atoms with Crippen LogP contribution in [0.1, 0.15) is 66.2 Å². The van der Waals surface area contributed by atoms with Crippen molar-refractivity contribution in [3.8, 4) is 0 Å². The second-order valence-electron chi connectivity index (χ2n) is 9.22. The molecule has 0 unspecified atom stereocenters. The van der Waals surface area contributed by atoms with E-state index in [2.05, 4.69) is 13.5 Å². The standard InChI is InChI=1S/C22H32O6/c1-14-16-7-12-22(5,28-19(14)24)17(26-15(2)23)8-11-20(3,25)9-6-10-21(4)18(13-16)27-21/h6,9,16-18,25H,1,7-8,10-13H2,2-5H3/b9-6+/t16-,17+,18+,20-,21+,22-/m1/s1. The second kappa shape index (κ2) is 7.30. The third-order valence-electron chi connectivity index (χ3n) is 6.51. The van der Waals surface area contributed by atoms with Gasteiger partial charge in [0.2, 0.25) is 0 Å². The van der Waals surface area contributed by atoms with Gasteiger partial charge in [-0.1, -0.05) is 18.7 Å². The van der Waals surface area contributed by atoms with Gasteiger partial charge in [0.05, 0.1) is 17.3 Å². The van der Waals surface area contributed by atoms with Crippen molar-refractivity contribution >= 4 is 11.9 Å². The number of esters is 2. The zero-order valence-electron chi connectivity index (χ0n) is 17.3. The van der Waals surface area contributed by atoms with Crippen LogP contribution in [0.5, 0.6) is 0 Å². The molecule has 0 saturated carbocycles. The molecular weight excluding hydrogens is 360 g/mol. The number of carbonyl (C=O) groups is 2. The first kappa shape index (κ1) is 21.1. The number of aliphatic hydroxyl groups is 1. The molecule has 1 N–H and O–H groups in total. The van der Waals surface area contributed by atoms with E-state index in [4.69, 9.17) is 14.2 Å². The zero-order valence-corrected chi connectivity index (χ0v) is 17.3. The minimum Gasteiger partial charge on any atom is -0.458 e. The Morgan fingerprint density at radius 1 is 1.25 bits per heavy atom. The molecule has 0 radical (unpaired) electrons. The van der Waals surface area contributed by atoms with Gasteiger partial charge in [-0.25, -0.2) is 4.79 Å². The average molecular weight is 392 g/mol. The highest BCUT2D eigenvalue weighted by atomic mass is 16.6. The van der Waals surface area contributed by atoms with Crippen molar-refractivity contribution in [3.05, 3.63) is 24.3 Å². The van der Waals surface area contributed by atoms with Crippen LogP contribution >= 0.6 is 0 Å². The maximum absolute atomic E-state index is 12.7. The maximum Gasteiger partial charge on any atom is 0.334 e. The lowest BCUT2D eigenvalue weighted by molar-refractivity contribution is -0.181. The first-order valence-electron chi connectivity index (χ1n) is 10.1. The summed E-state index contributed by atoms with van der Waals surface area (Å²) in [4.78, 5) is 24.4. The van der Waals surface area contributed by atoms with Gasteiger partial charge in [0, 0.05) is 12.5 Å². The Labute approximate surface area is 166 Å². The summed E-state index contributed by atoms with van der Waals surface area (Å²) in [5.74, 6) is -0.890. The van der Waals surface area contributed by atoms with Gasteiger partial charge in [0.15, 0.2) is 0 Å². The molecule has 156 valence electrons. The summed E-state index contributed by atoms with van der Waals surface area (Å²) in [5, 5.41) is 10.7. The van der Waals surface area contributed by atoms with Gasteiger partial charge in [-0.05, 0) is 65.2 Å². The summed E-state index contributed by atoms with van der Waals surface area (Å²) in [7, 11) is 0. The number of fused-ring (bicyclic) bond motifs is 4. The molecule has 2 aliphatic heterocycles. The largest absolute Gasteiger partial charge is 0.458 e. The van der Waals surface area contributed by atoms with Crippen molar-refractivity contribution in [2.45, 2.75) is 95.2 Å². The maximum atomic E-state index is 12.7. The van der Waals surface area contributed by atoms with E-state index < -0.39 is 29.2 Å². The molecule has 0 aromatic rings. The van der Waals surface area contributed by atoms with Crippen LogP contribution in [-0.4, -0.2) is 46.1 Å². The fourth-order valence-electron chi connectivity index (χ4n) is 4.39. The van der Waals surface area contributed by atoms with Crippen LogP contribution in [0.25, 0.3) is 0 Å². The van der Waals surface area contributed by atoms with Crippen LogP contribution in [0, 0.1) is 5.92 Å². The topological polar surface area (TPSA) is 85.4 Å². The van der Waals surface area contributed by atoms with E-state index in [0.29, 0.717) is 44.1 Å². The van der Waals surface area contributed by atoms with Gasteiger partial charge < -0.3 is 19.3 Å². The van der Waals surface area contributed by atoms with Crippen LogP contribution in [-0.2, 0) is 23.8 Å². The molecular formula is C22H32O6. The van der Waals surface area contributed by atoms with Gasteiger partial charge in [0.1, 0.15) is 11.7 Å². The first-order valence-corrected chi connectivity index (χ1v) is 10.1. The van der Waals surface area contributed by atoms with Gasteiger partial charge in [-0.15, -0.1) is 0 Å². The Morgan fingerprint density at radius 2 is 1.96 bits per heavy atom. The lowest BCUT2D eigenvalue weighted by Crippen LogP contribution is -2.46. The van der Waals surface area contributed by atoms with Gasteiger partial charge in [-0.2, -0.15) is 0 Å². The van der Waals surface area contributed by atoms with Crippen molar-refractivity contribution in [2.24, 2.45) is 5.92 Å². The molecule has 3 rings (SSSR count). The van der Waals surface area contributed by atoms with Crippen molar-refractivity contribution in [3.63, 3.8) is 0 Å². The molecule has 28 heavy (non-hydrogen) atoms. The molecule has 2 heterocycles. The highest BCUT2D eigenvalue weighted by Gasteiger charge is 2.53. The van der Waals surface area contributed by atoms with E-state index >= 15 is 0 Å². The second-order valence-corrected chi connectivity index (χ2v) is 9.22. The Hall–Kier alpha value is -1.66. The fourth-order valence-corrected chi connectivity index (χ4v) is 4.39. The monoisotopic (exact) mass is 392 g/mol. The van der Waals surface area contributed by atoms with Crippen LogP contribution in [0.3, 0.4) is 0 Å². The Bertz CT molecular complexity index is 695. The number of epoxide rings is 1. The number of hydrogen-bond donors (Lipinski definition) is 1. The van der Waals surface area contributed by atoms with Crippen molar-refractivity contribution in [1.82, 2.24) is 0 Å². The summed E-state index contributed by atoms with van der Waals surface area (Å²) in [6, 6.07) is 0. The summed E-state index contributed by atoms with van der Waals surface area (Å²) in [5.41, 5.74) is -1.82. The SMILES string of the molecule is C=C1C(=O)O[C@]2(C)CC[C@@H]1C[C@@H]1O[C@@]1(C)C/C=C/[C@@](C)(O)CC[C@@H]2OC(C)=O. The van der Waals surface area contributed by atoms with E-state index in [1.54, 1.807) is 13.0 Å². The molecule has 0 spiro atoms. The van der Waals surface area contributed by atoms with E-state index in [9.17, 15) is 14.7 Å². The van der Waals surface area contributed by atoms with E-state index in [0.717, 1.165) is 0 Å². The highest BCUT2D eigenvalue weighted by molar-refractivity contribution is 5.89. The quantitative estimate of drug-likeness (QED) is 0.319. The molecule has 3 aliphatic rings. The van der Waals surface area contributed by atoms with E-state index in [1.165, 1.54) is 6.92 Å². The number of carbonyl (C=O) groups excluding carboxylic acids is 2. The third-order valence-corrected chi connectivity index (χ3v) is 6.51. The lowest BCUT2D eigenvalue weighted by Gasteiger charge is -2.36. The molecule has 1 aliphatic carbocycles. The predicted octanol–water partition coefficient (Wildman–Crippen LogP) is 3.22. The molecule has 0 aromatic carbocycles. The summed E-state index contributed by atoms with van der Waals surface area (Å²) in [6.07, 6.45) is 6.59. The number of hydrogen-bond acceptors (Lipinski definition) is 6. The molecule has 6 heteroatoms. The smallest absolute Gasteiger partial charge is 0.334 e. The van der Waals surface area contributed by atoms with E-state index in [1.807, 2.05) is 13.0 Å². The molecule has 6 nitrogen and oxygen atoms in total. The van der Waals surface area contributed by atoms with Crippen molar-refractivity contribution < 1.29 is 28.9 Å². The van der Waals surface area contributed by atoms with Gasteiger partial charge in [-0.3, -0.25) is 4.79 Å². The normalized spacial score (nSPS) is 45.2. The average Bonchev–Trinajstić information content (AvgIpc) is 3.24. The van der Waals surface area contributed by atoms with Gasteiger partial charge >= 0.3 is 11.9 Å². The van der Waals surface area contributed by atoms with Crippen LogP contribution in [0.15, 0.2) is 24.3 Å². The molecule has 0 aromatic heterocycles. The third kappa shape index (κ3) is 4.49. The summed E-state index contributed by atoms with van der Waals surface area (Å²) < 4.78 is 17.3. The Morgan fingerprint density at radius 3 is 2.64 bits per heavy atom. The van der Waals surface area contributed by atoms with Gasteiger partial charge in [0.25, 0.3) is 0 Å². The first-order chi connectivity index (χ1) is 12.9. The lowest BCUT2D eigenvalue weighted by atomic mass is 9.82. The Kier molecular flexibility index (Phi) is 5.49. The predicted molar refractivity (Wildman–Crippen MR) is 103 cm³/mol. The number of ether oxygens (including phenoxy) is 3.